The topological polar surface area (TPSA) is 9.23 Å². The molecular formula is C39H40F6O. The first kappa shape index (κ1) is 33.8. The van der Waals surface area contributed by atoms with Crippen LogP contribution in [0.4, 0.5) is 26.3 Å². The molecule has 46 heavy (non-hydrogen) atoms. The van der Waals surface area contributed by atoms with Crippen molar-refractivity contribution in [3.8, 4) is 22.3 Å². The Hall–Kier alpha value is -3.58. The van der Waals surface area contributed by atoms with Gasteiger partial charge in [-0.05, 0) is 109 Å². The van der Waals surface area contributed by atoms with E-state index in [2.05, 4.69) is 6.92 Å². The van der Waals surface area contributed by atoms with Crippen molar-refractivity contribution in [3.05, 3.63) is 118 Å². The van der Waals surface area contributed by atoms with E-state index < -0.39 is 41.0 Å². The summed E-state index contributed by atoms with van der Waals surface area (Å²) >= 11 is 0. The Kier molecular flexibility index (Phi) is 10.9. The predicted octanol–water partition coefficient (Wildman–Crippen LogP) is 12.1. The van der Waals surface area contributed by atoms with Gasteiger partial charge in [0.2, 0.25) is 0 Å². The second kappa shape index (κ2) is 14.9. The van der Waals surface area contributed by atoms with Crippen molar-refractivity contribution in [2.75, 3.05) is 0 Å². The van der Waals surface area contributed by atoms with Gasteiger partial charge in [0.15, 0.2) is 0 Å². The third-order valence-electron chi connectivity index (χ3n) is 9.04. The van der Waals surface area contributed by atoms with E-state index in [1.165, 1.54) is 30.3 Å². The summed E-state index contributed by atoms with van der Waals surface area (Å²) in [5.74, 6) is -2.72. The van der Waals surface area contributed by atoms with Crippen molar-refractivity contribution in [2.45, 2.75) is 96.2 Å². The zero-order valence-electron chi connectivity index (χ0n) is 26.3. The molecule has 0 unspecified atom stereocenters. The first-order valence-corrected chi connectivity index (χ1v) is 16.3. The van der Waals surface area contributed by atoms with Gasteiger partial charge in [-0.25, -0.2) is 17.6 Å². The lowest BCUT2D eigenvalue weighted by molar-refractivity contribution is -0.278. The number of alkyl halides is 2. The van der Waals surface area contributed by atoms with Crippen molar-refractivity contribution in [3.63, 3.8) is 0 Å². The highest BCUT2D eigenvalue weighted by atomic mass is 19.3. The minimum absolute atomic E-state index is 0.0105. The van der Waals surface area contributed by atoms with Gasteiger partial charge in [0, 0.05) is 11.1 Å². The smallest absolute Gasteiger partial charge is 0.313 e. The molecule has 1 saturated carbocycles. The van der Waals surface area contributed by atoms with E-state index in [1.807, 2.05) is 31.2 Å². The van der Waals surface area contributed by atoms with Crippen molar-refractivity contribution in [1.82, 2.24) is 0 Å². The van der Waals surface area contributed by atoms with Crippen LogP contribution in [0.15, 0.2) is 72.8 Å². The van der Waals surface area contributed by atoms with Crippen molar-refractivity contribution < 1.29 is 31.1 Å². The summed E-state index contributed by atoms with van der Waals surface area (Å²) in [4.78, 5) is 0. The van der Waals surface area contributed by atoms with E-state index >= 15 is 4.39 Å². The molecule has 0 heterocycles. The summed E-state index contributed by atoms with van der Waals surface area (Å²) in [5, 5.41) is 0. The fourth-order valence-electron chi connectivity index (χ4n) is 6.44. The second-order valence-electron chi connectivity index (χ2n) is 12.4. The van der Waals surface area contributed by atoms with Gasteiger partial charge in [0.1, 0.15) is 23.3 Å². The zero-order chi connectivity index (χ0) is 32.8. The molecule has 0 atom stereocenters. The van der Waals surface area contributed by atoms with E-state index in [-0.39, 0.29) is 29.0 Å². The SMILES string of the molecule is CCCCCc1ccc(C(F)(F)OC2CCC(c3ccc(-c4ccc(-c5cc(F)c(CCC)c(F)c5)c(F)c4)cc3)CC2)c(F)c1. The van der Waals surface area contributed by atoms with Crippen molar-refractivity contribution in [1.29, 1.82) is 0 Å². The van der Waals surface area contributed by atoms with Crippen LogP contribution < -0.4 is 0 Å². The van der Waals surface area contributed by atoms with E-state index in [0.29, 0.717) is 49.7 Å². The molecule has 0 spiro atoms. The Labute approximate surface area is 267 Å². The molecule has 1 aliphatic rings. The van der Waals surface area contributed by atoms with E-state index in [9.17, 15) is 22.0 Å². The largest absolute Gasteiger partial charge is 0.386 e. The van der Waals surface area contributed by atoms with E-state index in [1.54, 1.807) is 12.1 Å². The zero-order valence-corrected chi connectivity index (χ0v) is 26.3. The fourth-order valence-corrected chi connectivity index (χ4v) is 6.44. The lowest BCUT2D eigenvalue weighted by atomic mass is 9.82. The average Bonchev–Trinajstić information content (AvgIpc) is 3.03. The van der Waals surface area contributed by atoms with Crippen LogP contribution in [0.5, 0.6) is 0 Å². The maximum absolute atomic E-state index is 15.1. The first-order chi connectivity index (χ1) is 22.1. The van der Waals surface area contributed by atoms with Crippen LogP contribution in [0.25, 0.3) is 22.3 Å². The Bertz CT molecular complexity index is 1600. The van der Waals surface area contributed by atoms with Crippen molar-refractivity contribution in [2.24, 2.45) is 0 Å². The van der Waals surface area contributed by atoms with Gasteiger partial charge in [-0.1, -0.05) is 75.6 Å². The summed E-state index contributed by atoms with van der Waals surface area (Å²) in [7, 11) is 0. The molecule has 0 N–H and O–H groups in total. The number of ether oxygens (including phenoxy) is 1. The Balaban J connectivity index is 1.19. The molecule has 1 aliphatic carbocycles. The predicted molar refractivity (Wildman–Crippen MR) is 171 cm³/mol. The third-order valence-corrected chi connectivity index (χ3v) is 9.04. The molecule has 244 valence electrons. The van der Waals surface area contributed by atoms with Gasteiger partial charge in [-0.2, -0.15) is 8.78 Å². The molecule has 0 amide bonds. The summed E-state index contributed by atoms with van der Waals surface area (Å²) in [6, 6.07) is 18.5. The number of hydrogen-bond donors (Lipinski definition) is 0. The third kappa shape index (κ3) is 7.86. The molecule has 0 saturated heterocycles. The van der Waals surface area contributed by atoms with Crippen molar-refractivity contribution >= 4 is 0 Å². The van der Waals surface area contributed by atoms with Gasteiger partial charge in [0.25, 0.3) is 0 Å². The molecule has 0 bridgehead atoms. The Morgan fingerprint density at radius 1 is 0.630 bits per heavy atom. The minimum atomic E-state index is -3.71. The van der Waals surface area contributed by atoms with Gasteiger partial charge in [-0.3, -0.25) is 0 Å². The normalized spacial score (nSPS) is 17.0. The molecule has 0 radical (unpaired) electrons. The second-order valence-corrected chi connectivity index (χ2v) is 12.4. The van der Waals surface area contributed by atoms with Crippen LogP contribution in [0.3, 0.4) is 0 Å². The van der Waals surface area contributed by atoms with Crippen LogP contribution in [-0.4, -0.2) is 6.10 Å². The highest BCUT2D eigenvalue weighted by Gasteiger charge is 2.40. The number of unbranched alkanes of at least 4 members (excludes halogenated alkanes) is 2. The highest BCUT2D eigenvalue weighted by molar-refractivity contribution is 5.71. The minimum Gasteiger partial charge on any atom is -0.313 e. The van der Waals surface area contributed by atoms with E-state index in [4.69, 9.17) is 4.74 Å². The van der Waals surface area contributed by atoms with Gasteiger partial charge >= 0.3 is 6.11 Å². The number of aryl methyl sites for hydroxylation is 1. The molecule has 0 aliphatic heterocycles. The van der Waals surface area contributed by atoms with Gasteiger partial charge < -0.3 is 4.74 Å². The molecule has 0 aromatic heterocycles. The Morgan fingerprint density at radius 2 is 1.28 bits per heavy atom. The number of rotatable bonds is 12. The fraction of sp³-hybridized carbons (Fsp3) is 0.385. The van der Waals surface area contributed by atoms with Gasteiger partial charge in [0.05, 0.1) is 11.7 Å². The lowest BCUT2D eigenvalue weighted by Gasteiger charge is -2.31. The summed E-state index contributed by atoms with van der Waals surface area (Å²) in [6.07, 6.45) is 2.20. The standard InChI is InChI=1S/C39H40F6O/c1-3-5-6-8-25-9-20-34(38(43)21-25)39(44,45)46-31-17-14-27(15-18-31)26-10-12-28(13-11-26)29-16-19-32(35(40)22-29)30-23-36(41)33(7-4-2)37(42)24-30/h9-13,16,19-24,27,31H,3-8,14-15,17-18H2,1-2H3. The van der Waals surface area contributed by atoms with Crippen LogP contribution in [0.2, 0.25) is 0 Å². The molecular weight excluding hydrogens is 598 g/mol. The summed E-state index contributed by atoms with van der Waals surface area (Å²) in [5.41, 5.74) is 2.71. The van der Waals surface area contributed by atoms with Gasteiger partial charge in [-0.15, -0.1) is 0 Å². The average molecular weight is 639 g/mol. The van der Waals surface area contributed by atoms with Crippen LogP contribution in [-0.2, 0) is 23.7 Å². The first-order valence-electron chi connectivity index (χ1n) is 16.3. The maximum atomic E-state index is 15.1. The van der Waals surface area contributed by atoms with Crippen LogP contribution >= 0.6 is 0 Å². The lowest BCUT2D eigenvalue weighted by Crippen LogP contribution is -2.30. The monoisotopic (exact) mass is 638 g/mol. The molecule has 5 rings (SSSR count). The summed E-state index contributed by atoms with van der Waals surface area (Å²) in [6.45, 7) is 3.91. The van der Waals surface area contributed by atoms with E-state index in [0.717, 1.165) is 36.5 Å². The molecule has 1 fully saturated rings. The molecule has 4 aromatic carbocycles. The number of hydrogen-bond acceptors (Lipinski definition) is 1. The summed E-state index contributed by atoms with van der Waals surface area (Å²) < 4.78 is 93.8. The Morgan fingerprint density at radius 3 is 1.89 bits per heavy atom. The quantitative estimate of drug-likeness (QED) is 0.111. The molecule has 1 nitrogen and oxygen atoms in total. The molecule has 4 aromatic rings. The highest BCUT2D eigenvalue weighted by Crippen LogP contribution is 2.40. The van der Waals surface area contributed by atoms with Crippen LogP contribution in [0.1, 0.15) is 93.4 Å². The maximum Gasteiger partial charge on any atom is 0.386 e. The molecule has 7 heteroatoms. The number of halogens is 6. The number of benzene rings is 4. The van der Waals surface area contributed by atoms with Crippen LogP contribution in [0, 0.1) is 23.3 Å².